The number of benzene rings is 2. The number of amides is 2. The molecule has 0 radical (unpaired) electrons. The molecule has 1 heterocycles. The average molecular weight is 347 g/mol. The van der Waals surface area contributed by atoms with Crippen molar-refractivity contribution in [2.75, 3.05) is 5.32 Å². The number of hydrazone groups is 1. The number of anilines is 1. The van der Waals surface area contributed by atoms with Crippen LogP contribution in [0.25, 0.3) is 0 Å². The number of hydrogen-bond donors (Lipinski definition) is 2. The van der Waals surface area contributed by atoms with Gasteiger partial charge in [-0.25, -0.2) is 5.43 Å². The van der Waals surface area contributed by atoms with Crippen LogP contribution in [-0.4, -0.2) is 18.0 Å². The van der Waals surface area contributed by atoms with Gasteiger partial charge in [0.05, 0.1) is 6.21 Å². The van der Waals surface area contributed by atoms with Crippen LogP contribution in [0.5, 0.6) is 0 Å². The summed E-state index contributed by atoms with van der Waals surface area (Å²) in [4.78, 5) is 24.1. The van der Waals surface area contributed by atoms with Crippen LogP contribution in [0.1, 0.15) is 32.2 Å². The minimum atomic E-state index is -0.356. The van der Waals surface area contributed by atoms with Crippen LogP contribution in [0.4, 0.5) is 5.69 Å². The molecule has 1 aromatic heterocycles. The van der Waals surface area contributed by atoms with Gasteiger partial charge in [-0.2, -0.15) is 5.10 Å². The first kappa shape index (κ1) is 17.2. The van der Waals surface area contributed by atoms with Crippen LogP contribution in [0.15, 0.2) is 76.2 Å². The Balaban J connectivity index is 1.57. The maximum Gasteiger partial charge on any atom is 0.271 e. The lowest BCUT2D eigenvalue weighted by Crippen LogP contribution is -2.17. The summed E-state index contributed by atoms with van der Waals surface area (Å²) in [7, 11) is 0. The van der Waals surface area contributed by atoms with Crippen LogP contribution in [0.3, 0.4) is 0 Å². The monoisotopic (exact) mass is 347 g/mol. The quantitative estimate of drug-likeness (QED) is 0.546. The van der Waals surface area contributed by atoms with E-state index < -0.39 is 0 Å². The molecule has 6 nitrogen and oxygen atoms in total. The molecule has 0 unspecified atom stereocenters. The van der Waals surface area contributed by atoms with E-state index in [0.29, 0.717) is 22.6 Å². The molecule has 130 valence electrons. The maximum atomic E-state index is 12.1. The van der Waals surface area contributed by atoms with Gasteiger partial charge in [-0.3, -0.25) is 9.59 Å². The normalized spacial score (nSPS) is 10.7. The van der Waals surface area contributed by atoms with E-state index in [1.54, 1.807) is 54.6 Å². The lowest BCUT2D eigenvalue weighted by atomic mass is 10.2. The molecule has 0 fully saturated rings. The van der Waals surface area contributed by atoms with Crippen molar-refractivity contribution >= 4 is 23.7 Å². The Bertz CT molecular complexity index is 928. The van der Waals surface area contributed by atoms with Crippen LogP contribution in [-0.2, 0) is 0 Å². The third-order valence-electron chi connectivity index (χ3n) is 3.56. The standard InChI is InChI=1S/C20H17N3O3/c1-14-7-12-18(26-14)13-21-23-20(25)16-8-10-17(11-9-16)22-19(24)15-5-3-2-4-6-15/h2-13H,1H3,(H,22,24)(H,23,25)/b21-13-. The molecule has 0 aliphatic rings. The molecule has 3 aromatic rings. The number of nitrogens with zero attached hydrogens (tertiary/aromatic N) is 1. The number of rotatable bonds is 5. The first-order valence-corrected chi connectivity index (χ1v) is 7.98. The smallest absolute Gasteiger partial charge is 0.271 e. The van der Waals surface area contributed by atoms with Crippen molar-refractivity contribution in [1.29, 1.82) is 0 Å². The fraction of sp³-hybridized carbons (Fsp3) is 0.0500. The number of nitrogens with one attached hydrogen (secondary N) is 2. The molecule has 6 heteroatoms. The van der Waals surface area contributed by atoms with E-state index in [0.717, 1.165) is 5.76 Å². The zero-order chi connectivity index (χ0) is 18.4. The van der Waals surface area contributed by atoms with Crippen molar-refractivity contribution in [2.24, 2.45) is 5.10 Å². The summed E-state index contributed by atoms with van der Waals surface area (Å²) in [6.45, 7) is 1.83. The van der Waals surface area contributed by atoms with E-state index in [1.165, 1.54) is 6.21 Å². The fourth-order valence-electron chi connectivity index (χ4n) is 2.24. The van der Waals surface area contributed by atoms with E-state index in [1.807, 2.05) is 19.1 Å². The van der Waals surface area contributed by atoms with Crippen molar-refractivity contribution < 1.29 is 14.0 Å². The van der Waals surface area contributed by atoms with Crippen molar-refractivity contribution in [3.05, 3.63) is 89.4 Å². The Morgan fingerprint density at radius 2 is 1.58 bits per heavy atom. The minimum absolute atomic E-state index is 0.207. The molecule has 2 aromatic carbocycles. The Morgan fingerprint density at radius 3 is 2.23 bits per heavy atom. The first-order valence-electron chi connectivity index (χ1n) is 7.98. The molecule has 26 heavy (non-hydrogen) atoms. The Labute approximate surface area is 150 Å². The first-order chi connectivity index (χ1) is 12.6. The van der Waals surface area contributed by atoms with Crippen LogP contribution >= 0.6 is 0 Å². The SMILES string of the molecule is Cc1ccc(/C=N\NC(=O)c2ccc(NC(=O)c3ccccc3)cc2)o1. The van der Waals surface area contributed by atoms with Gasteiger partial charge in [-0.15, -0.1) is 0 Å². The molecule has 3 rings (SSSR count). The van der Waals surface area contributed by atoms with Crippen LogP contribution in [0, 0.1) is 6.92 Å². The summed E-state index contributed by atoms with van der Waals surface area (Å²) >= 11 is 0. The van der Waals surface area contributed by atoms with E-state index in [9.17, 15) is 9.59 Å². The summed E-state index contributed by atoms with van der Waals surface area (Å²) < 4.78 is 5.32. The highest BCUT2D eigenvalue weighted by molar-refractivity contribution is 6.04. The van der Waals surface area contributed by atoms with Crippen LogP contribution in [0.2, 0.25) is 0 Å². The number of hydrogen-bond acceptors (Lipinski definition) is 4. The summed E-state index contributed by atoms with van der Waals surface area (Å²) in [6, 6.07) is 19.0. The molecule has 0 saturated carbocycles. The van der Waals surface area contributed by atoms with Gasteiger partial charge in [0.15, 0.2) is 0 Å². The Hall–Kier alpha value is -3.67. The van der Waals surface area contributed by atoms with Gasteiger partial charge in [-0.05, 0) is 55.5 Å². The number of aryl methyl sites for hydroxylation is 1. The highest BCUT2D eigenvalue weighted by atomic mass is 16.3. The molecule has 0 atom stereocenters. The summed E-state index contributed by atoms with van der Waals surface area (Å²) in [5.41, 5.74) is 4.02. The lowest BCUT2D eigenvalue weighted by Gasteiger charge is -2.06. The van der Waals surface area contributed by atoms with E-state index in [4.69, 9.17) is 4.42 Å². The van der Waals surface area contributed by atoms with Gasteiger partial charge in [0.2, 0.25) is 0 Å². The Morgan fingerprint density at radius 1 is 0.885 bits per heavy atom. The number of carbonyl (C=O) groups is 2. The molecular formula is C20H17N3O3. The van der Waals surface area contributed by atoms with Gasteiger partial charge in [0, 0.05) is 16.8 Å². The van der Waals surface area contributed by atoms with Gasteiger partial charge in [-0.1, -0.05) is 18.2 Å². The molecule has 0 spiro atoms. The van der Waals surface area contributed by atoms with Crippen molar-refractivity contribution in [1.82, 2.24) is 5.43 Å². The third-order valence-corrected chi connectivity index (χ3v) is 3.56. The van der Waals surface area contributed by atoms with Crippen molar-refractivity contribution in [3.8, 4) is 0 Å². The molecule has 2 N–H and O–H groups in total. The highest BCUT2D eigenvalue weighted by Crippen LogP contribution is 2.11. The van der Waals surface area contributed by atoms with Gasteiger partial charge >= 0.3 is 0 Å². The van der Waals surface area contributed by atoms with Crippen molar-refractivity contribution in [2.45, 2.75) is 6.92 Å². The molecular weight excluding hydrogens is 330 g/mol. The molecule has 2 amide bonds. The summed E-state index contributed by atoms with van der Waals surface area (Å²) in [5, 5.41) is 6.63. The number of furan rings is 1. The molecule has 0 bridgehead atoms. The zero-order valence-corrected chi connectivity index (χ0v) is 14.1. The molecule has 0 aliphatic carbocycles. The van der Waals surface area contributed by atoms with E-state index in [-0.39, 0.29) is 11.8 Å². The van der Waals surface area contributed by atoms with Crippen LogP contribution < -0.4 is 10.7 Å². The van der Waals surface area contributed by atoms with E-state index in [2.05, 4.69) is 15.8 Å². The Kier molecular flexibility index (Phi) is 5.24. The van der Waals surface area contributed by atoms with Crippen molar-refractivity contribution in [3.63, 3.8) is 0 Å². The van der Waals surface area contributed by atoms with Gasteiger partial charge < -0.3 is 9.73 Å². The van der Waals surface area contributed by atoms with Gasteiger partial charge in [0.1, 0.15) is 11.5 Å². The second-order valence-electron chi connectivity index (χ2n) is 5.55. The summed E-state index contributed by atoms with van der Waals surface area (Å²) in [5.74, 6) is 0.763. The predicted octanol–water partition coefficient (Wildman–Crippen LogP) is 3.60. The third kappa shape index (κ3) is 4.45. The lowest BCUT2D eigenvalue weighted by molar-refractivity contribution is 0.0954. The number of carbonyl (C=O) groups excluding carboxylic acids is 2. The maximum absolute atomic E-state index is 12.1. The molecule has 0 saturated heterocycles. The highest BCUT2D eigenvalue weighted by Gasteiger charge is 2.07. The average Bonchev–Trinajstić information content (AvgIpc) is 3.08. The molecule has 0 aliphatic heterocycles. The topological polar surface area (TPSA) is 83.7 Å². The largest absolute Gasteiger partial charge is 0.460 e. The minimum Gasteiger partial charge on any atom is -0.460 e. The summed E-state index contributed by atoms with van der Waals surface area (Å²) in [6.07, 6.45) is 1.43. The predicted molar refractivity (Wildman–Crippen MR) is 99.3 cm³/mol. The second-order valence-corrected chi connectivity index (χ2v) is 5.55. The zero-order valence-electron chi connectivity index (χ0n) is 14.1. The fourth-order valence-corrected chi connectivity index (χ4v) is 2.24. The second kappa shape index (κ2) is 7.94. The van der Waals surface area contributed by atoms with E-state index >= 15 is 0 Å². The van der Waals surface area contributed by atoms with Gasteiger partial charge in [0.25, 0.3) is 11.8 Å².